The van der Waals surface area contributed by atoms with Crippen LogP contribution in [0.15, 0.2) is 12.3 Å². The minimum absolute atomic E-state index is 0.0713. The minimum atomic E-state index is -4.31. The first-order chi connectivity index (χ1) is 11.0. The van der Waals surface area contributed by atoms with Crippen molar-refractivity contribution in [1.82, 2.24) is 20.4 Å². The molecule has 1 aromatic heterocycles. The van der Waals surface area contributed by atoms with Gasteiger partial charge in [-0.2, -0.15) is 18.3 Å². The van der Waals surface area contributed by atoms with Crippen LogP contribution in [0.5, 0.6) is 0 Å². The molecule has 1 fully saturated rings. The number of alkyl halides is 3. The normalized spacial score (nSPS) is 23.1. The van der Waals surface area contributed by atoms with Crippen molar-refractivity contribution in [1.29, 1.82) is 0 Å². The molecule has 0 radical (unpaired) electrons. The molecule has 1 saturated heterocycles. The number of ether oxygens (including phenoxy) is 1. The van der Waals surface area contributed by atoms with Gasteiger partial charge in [-0.3, -0.25) is 10.00 Å². The van der Waals surface area contributed by atoms with Crippen LogP contribution in [0.3, 0.4) is 0 Å². The molecular formula is C15H23F3N4O2. The minimum Gasteiger partial charge on any atom is -0.444 e. The summed E-state index contributed by atoms with van der Waals surface area (Å²) in [4.78, 5) is 13.2. The van der Waals surface area contributed by atoms with Crippen LogP contribution in [0.1, 0.15) is 39.3 Å². The van der Waals surface area contributed by atoms with E-state index in [-0.39, 0.29) is 32.0 Å². The molecule has 0 unspecified atom stereocenters. The van der Waals surface area contributed by atoms with Crippen molar-refractivity contribution in [2.75, 3.05) is 6.54 Å². The monoisotopic (exact) mass is 348 g/mol. The van der Waals surface area contributed by atoms with E-state index in [4.69, 9.17) is 4.74 Å². The molecule has 0 aliphatic carbocycles. The van der Waals surface area contributed by atoms with E-state index in [1.165, 1.54) is 11.1 Å². The van der Waals surface area contributed by atoms with Crippen LogP contribution >= 0.6 is 0 Å². The second kappa shape index (κ2) is 7.00. The highest BCUT2D eigenvalue weighted by atomic mass is 19.4. The van der Waals surface area contributed by atoms with Gasteiger partial charge in [0.25, 0.3) is 0 Å². The summed E-state index contributed by atoms with van der Waals surface area (Å²) >= 11 is 0. The molecule has 2 atom stereocenters. The zero-order valence-electron chi connectivity index (χ0n) is 14.0. The summed E-state index contributed by atoms with van der Waals surface area (Å²) in [5, 5.41) is 9.09. The molecule has 2 heterocycles. The van der Waals surface area contributed by atoms with Crippen molar-refractivity contribution >= 4 is 6.09 Å². The molecule has 0 bridgehead atoms. The van der Waals surface area contributed by atoms with Gasteiger partial charge >= 0.3 is 12.3 Å². The molecule has 1 aliphatic heterocycles. The summed E-state index contributed by atoms with van der Waals surface area (Å²) in [6, 6.07) is -0.280. The van der Waals surface area contributed by atoms with E-state index in [9.17, 15) is 18.0 Å². The Bertz CT molecular complexity index is 540. The van der Waals surface area contributed by atoms with Gasteiger partial charge in [0.2, 0.25) is 0 Å². The van der Waals surface area contributed by atoms with Gasteiger partial charge in [-0.1, -0.05) is 0 Å². The van der Waals surface area contributed by atoms with E-state index >= 15 is 0 Å². The number of nitrogens with one attached hydrogen (secondary N) is 2. The number of rotatable bonds is 3. The summed E-state index contributed by atoms with van der Waals surface area (Å²) in [5.41, 5.74) is -0.0507. The predicted molar refractivity (Wildman–Crippen MR) is 81.2 cm³/mol. The highest BCUT2D eigenvalue weighted by molar-refractivity contribution is 5.68. The molecule has 9 heteroatoms. The number of aromatic nitrogens is 2. The number of carbonyl (C=O) groups excluding carboxylic acids is 1. The molecule has 0 spiro atoms. The van der Waals surface area contributed by atoms with E-state index < -0.39 is 23.9 Å². The van der Waals surface area contributed by atoms with Gasteiger partial charge in [-0.05, 0) is 39.7 Å². The summed E-state index contributed by atoms with van der Waals surface area (Å²) in [7, 11) is 0. The highest BCUT2D eigenvalue weighted by Crippen LogP contribution is 2.32. The number of aromatic amines is 1. The van der Waals surface area contributed by atoms with Crippen LogP contribution in [0.2, 0.25) is 0 Å². The van der Waals surface area contributed by atoms with Crippen LogP contribution in [0.25, 0.3) is 0 Å². The number of piperidine rings is 1. The Morgan fingerprint density at radius 1 is 1.42 bits per heavy atom. The molecule has 2 rings (SSSR count). The number of likely N-dealkylation sites (tertiary alicyclic amines) is 1. The fourth-order valence-electron chi connectivity index (χ4n) is 2.77. The Kier molecular flexibility index (Phi) is 5.42. The molecule has 1 aliphatic rings. The first-order valence-electron chi connectivity index (χ1n) is 7.83. The predicted octanol–water partition coefficient (Wildman–Crippen LogP) is 2.83. The third-order valence-corrected chi connectivity index (χ3v) is 3.71. The summed E-state index contributed by atoms with van der Waals surface area (Å²) in [6.07, 6.45) is -3.24. The maximum atomic E-state index is 13.3. The van der Waals surface area contributed by atoms with Crippen molar-refractivity contribution < 1.29 is 22.7 Å². The van der Waals surface area contributed by atoms with Crippen molar-refractivity contribution in [3.8, 4) is 0 Å². The van der Waals surface area contributed by atoms with Crippen LogP contribution in [0.4, 0.5) is 18.0 Å². The number of halogens is 3. The lowest BCUT2D eigenvalue weighted by Gasteiger charge is -2.40. The number of hydrogen-bond donors (Lipinski definition) is 2. The molecule has 2 N–H and O–H groups in total. The van der Waals surface area contributed by atoms with Gasteiger partial charge in [-0.15, -0.1) is 0 Å². The van der Waals surface area contributed by atoms with E-state index in [1.54, 1.807) is 26.8 Å². The molecule has 0 saturated carbocycles. The van der Waals surface area contributed by atoms with Crippen LogP contribution in [0, 0.1) is 0 Å². The quantitative estimate of drug-likeness (QED) is 0.881. The third-order valence-electron chi connectivity index (χ3n) is 3.71. The Morgan fingerprint density at radius 2 is 2.12 bits per heavy atom. The Balaban J connectivity index is 2.01. The number of H-pyrrole nitrogens is 1. The standard InChI is InChI=1S/C15H23F3N4O2/c1-14(2,3)24-13(23)20-10-4-5-12(15(16,17)18)22(8-10)9-11-6-7-19-21-11/h6-7,10,12H,4-5,8-9H2,1-3H3,(H,19,21)(H,20,23)/t10-,12+/m0/s1. The topological polar surface area (TPSA) is 70.2 Å². The van der Waals surface area contributed by atoms with Crippen molar-refractivity contribution in [3.05, 3.63) is 18.0 Å². The lowest BCUT2D eigenvalue weighted by molar-refractivity contribution is -0.194. The average molecular weight is 348 g/mol. The average Bonchev–Trinajstić information content (AvgIpc) is 2.87. The molecule has 136 valence electrons. The summed E-state index contributed by atoms with van der Waals surface area (Å²) < 4.78 is 44.9. The number of carbonyl (C=O) groups is 1. The van der Waals surface area contributed by atoms with E-state index in [0.29, 0.717) is 5.69 Å². The van der Waals surface area contributed by atoms with Crippen LogP contribution in [-0.4, -0.2) is 51.6 Å². The fraction of sp³-hybridized carbons (Fsp3) is 0.733. The van der Waals surface area contributed by atoms with Gasteiger partial charge < -0.3 is 10.1 Å². The van der Waals surface area contributed by atoms with Crippen molar-refractivity contribution in [2.45, 2.75) is 64.0 Å². The number of nitrogens with zero attached hydrogens (tertiary/aromatic N) is 2. The smallest absolute Gasteiger partial charge is 0.407 e. The Labute approximate surface area is 138 Å². The summed E-state index contributed by atoms with van der Waals surface area (Å²) in [5.74, 6) is 0. The van der Waals surface area contributed by atoms with Gasteiger partial charge in [0.05, 0.1) is 0 Å². The first-order valence-corrected chi connectivity index (χ1v) is 7.83. The molecular weight excluding hydrogens is 325 g/mol. The van der Waals surface area contributed by atoms with Crippen molar-refractivity contribution in [3.63, 3.8) is 0 Å². The van der Waals surface area contributed by atoms with E-state index in [2.05, 4.69) is 15.5 Å². The fourth-order valence-corrected chi connectivity index (χ4v) is 2.77. The first kappa shape index (κ1) is 18.6. The Morgan fingerprint density at radius 3 is 2.67 bits per heavy atom. The molecule has 6 nitrogen and oxygen atoms in total. The SMILES string of the molecule is CC(C)(C)OC(=O)N[C@H]1CC[C@H](C(F)(F)F)N(Cc2ccn[nH]2)C1. The Hall–Kier alpha value is -1.77. The van der Waals surface area contributed by atoms with Gasteiger partial charge in [0.1, 0.15) is 11.6 Å². The maximum absolute atomic E-state index is 13.3. The molecule has 0 aromatic carbocycles. The lowest BCUT2D eigenvalue weighted by atomic mass is 9.97. The van der Waals surface area contributed by atoms with Crippen LogP contribution < -0.4 is 5.32 Å². The van der Waals surface area contributed by atoms with Gasteiger partial charge in [0, 0.05) is 31.0 Å². The second-order valence-electron chi connectivity index (χ2n) is 6.99. The molecule has 1 amide bonds. The van der Waals surface area contributed by atoms with E-state index in [1.807, 2.05) is 0 Å². The lowest BCUT2D eigenvalue weighted by Crippen LogP contribution is -2.56. The van der Waals surface area contributed by atoms with Crippen molar-refractivity contribution in [2.24, 2.45) is 0 Å². The summed E-state index contributed by atoms with van der Waals surface area (Å²) in [6.45, 7) is 5.39. The number of alkyl carbamates (subject to hydrolysis) is 1. The van der Waals surface area contributed by atoms with E-state index in [0.717, 1.165) is 0 Å². The zero-order chi connectivity index (χ0) is 18.0. The number of amides is 1. The van der Waals surface area contributed by atoms with Crippen LogP contribution in [-0.2, 0) is 11.3 Å². The maximum Gasteiger partial charge on any atom is 0.407 e. The highest BCUT2D eigenvalue weighted by Gasteiger charge is 2.46. The molecule has 24 heavy (non-hydrogen) atoms. The largest absolute Gasteiger partial charge is 0.444 e. The van der Waals surface area contributed by atoms with Gasteiger partial charge in [-0.25, -0.2) is 4.79 Å². The molecule has 1 aromatic rings. The second-order valence-corrected chi connectivity index (χ2v) is 6.99. The van der Waals surface area contributed by atoms with Gasteiger partial charge in [0.15, 0.2) is 0 Å². The zero-order valence-corrected chi connectivity index (χ0v) is 14.0. The third kappa shape index (κ3) is 5.40. The number of hydrogen-bond acceptors (Lipinski definition) is 4.